The first kappa shape index (κ1) is 8.04. The molecule has 0 atom stereocenters. The molecule has 0 saturated carbocycles. The van der Waals surface area contributed by atoms with Crippen molar-refractivity contribution in [3.8, 4) is 0 Å². The highest BCUT2D eigenvalue weighted by molar-refractivity contribution is 9.14. The largest absolute Gasteiger partial charge is 0.297 e. The third-order valence-corrected chi connectivity index (χ3v) is 2.20. The Morgan fingerprint density at radius 3 is 1.38 bits per heavy atom. The fraction of sp³-hybridized carbons (Fsp3) is 0. The molecule has 0 unspecified atom stereocenters. The molecule has 0 rings (SSSR count). The quantitative estimate of drug-likeness (QED) is 0.541. The zero-order valence-electron chi connectivity index (χ0n) is 3.73. The number of aldehydes is 2. The van der Waals surface area contributed by atoms with Gasteiger partial charge in [0.1, 0.15) is 0 Å². The Kier molecular flexibility index (Phi) is 3.99. The Morgan fingerprint density at radius 2 is 1.25 bits per heavy atom. The Bertz CT molecular complexity index is 123. The van der Waals surface area contributed by atoms with Crippen molar-refractivity contribution in [1.82, 2.24) is 0 Å². The lowest BCUT2D eigenvalue weighted by Gasteiger charge is -1.81. The summed E-state index contributed by atoms with van der Waals surface area (Å²) in [7, 11) is 0. The van der Waals surface area contributed by atoms with Gasteiger partial charge in [-0.1, -0.05) is 0 Å². The second-order valence-electron chi connectivity index (χ2n) is 0.932. The fourth-order valence-corrected chi connectivity index (χ4v) is 0.299. The van der Waals surface area contributed by atoms with Crippen LogP contribution >= 0.6 is 31.9 Å². The molecule has 0 aromatic carbocycles. The van der Waals surface area contributed by atoms with E-state index in [2.05, 4.69) is 31.9 Å². The molecule has 0 aromatic heterocycles. The van der Waals surface area contributed by atoms with Crippen molar-refractivity contribution in [2.75, 3.05) is 0 Å². The Hall–Kier alpha value is 0.0400. The maximum Gasteiger partial charge on any atom is 0.158 e. The number of carbonyl (C=O) groups excluding carboxylic acids is 2. The Morgan fingerprint density at radius 1 is 1.00 bits per heavy atom. The summed E-state index contributed by atoms with van der Waals surface area (Å²) in [5.74, 6) is 0. The van der Waals surface area contributed by atoms with E-state index >= 15 is 0 Å². The van der Waals surface area contributed by atoms with E-state index in [0.29, 0.717) is 12.6 Å². The average Bonchev–Trinajstić information content (AvgIpc) is 1.84. The van der Waals surface area contributed by atoms with E-state index in [1.807, 2.05) is 0 Å². The van der Waals surface area contributed by atoms with Crippen LogP contribution in [0.1, 0.15) is 0 Å². The standard InChI is InChI=1S/C4H2Br2O2/c5-3(1-7)4(6)2-8/h1-2H. The van der Waals surface area contributed by atoms with Crippen LogP contribution in [0.2, 0.25) is 0 Å². The second kappa shape index (κ2) is 3.97. The van der Waals surface area contributed by atoms with Gasteiger partial charge in [-0.15, -0.1) is 0 Å². The van der Waals surface area contributed by atoms with Crippen molar-refractivity contribution < 1.29 is 9.59 Å². The third-order valence-electron chi connectivity index (χ3n) is 0.435. The van der Waals surface area contributed by atoms with Crippen LogP contribution in [-0.2, 0) is 9.59 Å². The maximum atomic E-state index is 9.81. The molecule has 0 saturated heterocycles. The van der Waals surface area contributed by atoms with Crippen LogP contribution < -0.4 is 0 Å². The number of hydrogen-bond donors (Lipinski definition) is 0. The number of hydrogen-bond acceptors (Lipinski definition) is 2. The normalized spacial score (nSPS) is 12.2. The lowest BCUT2D eigenvalue weighted by Crippen LogP contribution is -1.77. The van der Waals surface area contributed by atoms with Crippen LogP contribution in [0.3, 0.4) is 0 Å². The molecular weight excluding hydrogens is 240 g/mol. The lowest BCUT2D eigenvalue weighted by molar-refractivity contribution is -0.106. The van der Waals surface area contributed by atoms with E-state index in [1.165, 1.54) is 0 Å². The van der Waals surface area contributed by atoms with E-state index in [-0.39, 0.29) is 8.96 Å². The van der Waals surface area contributed by atoms with Gasteiger partial charge in [-0.3, -0.25) is 9.59 Å². The zero-order valence-corrected chi connectivity index (χ0v) is 6.90. The van der Waals surface area contributed by atoms with Crippen molar-refractivity contribution in [2.45, 2.75) is 0 Å². The summed E-state index contributed by atoms with van der Waals surface area (Å²) in [6, 6.07) is 0. The number of rotatable bonds is 2. The molecule has 0 radical (unpaired) electrons. The van der Waals surface area contributed by atoms with Crippen LogP contribution in [0.4, 0.5) is 0 Å². The minimum atomic E-state index is 0.229. The van der Waals surface area contributed by atoms with Gasteiger partial charge in [0.25, 0.3) is 0 Å². The first-order valence-corrected chi connectivity index (χ1v) is 3.26. The predicted molar refractivity (Wildman–Crippen MR) is 37.0 cm³/mol. The van der Waals surface area contributed by atoms with Gasteiger partial charge in [-0.25, -0.2) is 0 Å². The fourth-order valence-electron chi connectivity index (χ4n) is 0.113. The van der Waals surface area contributed by atoms with Crippen molar-refractivity contribution in [3.05, 3.63) is 8.96 Å². The minimum Gasteiger partial charge on any atom is -0.297 e. The van der Waals surface area contributed by atoms with Crippen LogP contribution in [0.25, 0.3) is 0 Å². The lowest BCUT2D eigenvalue weighted by atomic mass is 10.6. The van der Waals surface area contributed by atoms with Gasteiger partial charge in [0.05, 0.1) is 8.96 Å². The van der Waals surface area contributed by atoms with E-state index in [1.54, 1.807) is 0 Å². The molecule has 0 aromatic rings. The van der Waals surface area contributed by atoms with E-state index in [0.717, 1.165) is 0 Å². The topological polar surface area (TPSA) is 34.1 Å². The molecule has 0 aliphatic carbocycles. The molecule has 0 bridgehead atoms. The zero-order chi connectivity index (χ0) is 6.57. The molecule has 0 heterocycles. The highest BCUT2D eigenvalue weighted by Gasteiger charge is 1.94. The van der Waals surface area contributed by atoms with E-state index < -0.39 is 0 Å². The number of allylic oxidation sites excluding steroid dienone is 2. The molecule has 0 aliphatic rings. The predicted octanol–water partition coefficient (Wildman–Crippen LogP) is 1.39. The number of carbonyl (C=O) groups is 2. The molecule has 0 aliphatic heterocycles. The molecule has 0 fully saturated rings. The van der Waals surface area contributed by atoms with Gasteiger partial charge >= 0.3 is 0 Å². The molecule has 8 heavy (non-hydrogen) atoms. The average molecular weight is 242 g/mol. The maximum absolute atomic E-state index is 9.81. The third kappa shape index (κ3) is 2.37. The highest BCUT2D eigenvalue weighted by atomic mass is 79.9. The van der Waals surface area contributed by atoms with Crippen LogP contribution in [0.15, 0.2) is 8.96 Å². The summed E-state index contributed by atoms with van der Waals surface area (Å²) in [6.07, 6.45) is 1.08. The van der Waals surface area contributed by atoms with E-state index in [4.69, 9.17) is 0 Å². The summed E-state index contributed by atoms with van der Waals surface area (Å²) < 4.78 is 0.458. The summed E-state index contributed by atoms with van der Waals surface area (Å²) >= 11 is 5.67. The first-order chi connectivity index (χ1) is 3.72. The van der Waals surface area contributed by atoms with Crippen molar-refractivity contribution in [1.29, 1.82) is 0 Å². The summed E-state index contributed by atoms with van der Waals surface area (Å²) in [4.78, 5) is 19.6. The Balaban J connectivity index is 4.25. The smallest absolute Gasteiger partial charge is 0.158 e. The van der Waals surface area contributed by atoms with Crippen LogP contribution in [0.5, 0.6) is 0 Å². The summed E-state index contributed by atoms with van der Waals surface area (Å²) in [5, 5.41) is 0. The van der Waals surface area contributed by atoms with Crippen LogP contribution in [0, 0.1) is 0 Å². The minimum absolute atomic E-state index is 0.229. The van der Waals surface area contributed by atoms with Gasteiger partial charge in [-0.05, 0) is 31.9 Å². The highest BCUT2D eigenvalue weighted by Crippen LogP contribution is 2.12. The molecule has 0 N–H and O–H groups in total. The van der Waals surface area contributed by atoms with Crippen molar-refractivity contribution in [3.63, 3.8) is 0 Å². The number of halogens is 2. The van der Waals surface area contributed by atoms with Gasteiger partial charge in [0.2, 0.25) is 0 Å². The van der Waals surface area contributed by atoms with Gasteiger partial charge < -0.3 is 0 Å². The molecule has 0 spiro atoms. The molecule has 2 nitrogen and oxygen atoms in total. The summed E-state index contributed by atoms with van der Waals surface area (Å²) in [5.41, 5.74) is 0. The molecule has 4 heteroatoms. The first-order valence-electron chi connectivity index (χ1n) is 1.68. The van der Waals surface area contributed by atoms with Gasteiger partial charge in [-0.2, -0.15) is 0 Å². The van der Waals surface area contributed by atoms with Gasteiger partial charge in [0, 0.05) is 0 Å². The molecular formula is C4H2Br2O2. The van der Waals surface area contributed by atoms with Crippen molar-refractivity contribution in [2.24, 2.45) is 0 Å². The summed E-state index contributed by atoms with van der Waals surface area (Å²) in [6.45, 7) is 0. The van der Waals surface area contributed by atoms with Crippen molar-refractivity contribution >= 4 is 44.4 Å². The SMILES string of the molecule is O=CC(Br)=C(Br)C=O. The Labute approximate surface area is 63.2 Å². The molecule has 44 valence electrons. The van der Waals surface area contributed by atoms with E-state index in [9.17, 15) is 9.59 Å². The van der Waals surface area contributed by atoms with Crippen LogP contribution in [-0.4, -0.2) is 12.6 Å². The second-order valence-corrected chi connectivity index (χ2v) is 2.64. The van der Waals surface area contributed by atoms with Gasteiger partial charge in [0.15, 0.2) is 12.6 Å². The molecule has 0 amide bonds. The monoisotopic (exact) mass is 240 g/mol.